The van der Waals surface area contributed by atoms with Gasteiger partial charge >= 0.3 is 0 Å². The Bertz CT molecular complexity index is 1950. The molecule has 37 heavy (non-hydrogen) atoms. The smallest absolute Gasteiger partial charge is 0.178 e. The van der Waals surface area contributed by atoms with Crippen LogP contribution in [0.4, 0.5) is 4.39 Å². The van der Waals surface area contributed by atoms with Crippen LogP contribution in [0.1, 0.15) is 16.1 Å². The highest BCUT2D eigenvalue weighted by Crippen LogP contribution is 2.32. The van der Waals surface area contributed by atoms with Crippen LogP contribution in [0.2, 0.25) is 0 Å². The molecular weight excluding hydrogens is 471 g/mol. The molecule has 10 heteroatoms. The van der Waals surface area contributed by atoms with Gasteiger partial charge in [0, 0.05) is 23.5 Å². The summed E-state index contributed by atoms with van der Waals surface area (Å²) in [5, 5.41) is 4.80. The molecule has 0 saturated heterocycles. The van der Waals surface area contributed by atoms with Gasteiger partial charge in [0.15, 0.2) is 17.1 Å². The molecule has 0 atom stereocenters. The van der Waals surface area contributed by atoms with E-state index in [0.717, 1.165) is 16.9 Å². The number of pyridine rings is 2. The second kappa shape index (κ2) is 8.16. The van der Waals surface area contributed by atoms with Gasteiger partial charge in [-0.2, -0.15) is 5.10 Å². The third-order valence-electron chi connectivity index (χ3n) is 6.23. The fraction of sp³-hybridized carbons (Fsp3) is 0.0370. The van der Waals surface area contributed by atoms with Gasteiger partial charge in [0.1, 0.15) is 22.9 Å². The van der Waals surface area contributed by atoms with Gasteiger partial charge in [-0.3, -0.25) is 9.20 Å². The van der Waals surface area contributed by atoms with Crippen molar-refractivity contribution < 1.29 is 9.18 Å². The van der Waals surface area contributed by atoms with Gasteiger partial charge in [0.05, 0.1) is 35.8 Å². The summed E-state index contributed by atoms with van der Waals surface area (Å²) in [5.74, 6) is -0.408. The van der Waals surface area contributed by atoms with Crippen LogP contribution in [0.5, 0.6) is 0 Å². The Morgan fingerprint density at radius 3 is 2.73 bits per heavy atom. The number of hydrogen-bond acceptors (Lipinski definition) is 6. The summed E-state index contributed by atoms with van der Waals surface area (Å²) in [4.78, 5) is 33.7. The highest BCUT2D eigenvalue weighted by molar-refractivity contribution is 6.06. The van der Waals surface area contributed by atoms with Gasteiger partial charge in [0.2, 0.25) is 0 Å². The number of rotatable bonds is 5. The number of carbonyl (C=O) groups is 1. The molecule has 0 spiro atoms. The molecule has 7 rings (SSSR count). The SMILES string of the molecule is O=C(Cc1cn2nc(-c3c(-c4ccc(F)cc4)nc4ccccn34)ccc2n1)c1ccnc2nc[nH]c12. The summed E-state index contributed by atoms with van der Waals surface area (Å²) < 4.78 is 17.2. The van der Waals surface area contributed by atoms with Crippen LogP contribution in [0.25, 0.3) is 45.1 Å². The number of carbonyl (C=O) groups excluding carboxylic acids is 1. The minimum absolute atomic E-state index is 0.0966. The molecule has 0 aliphatic heterocycles. The molecule has 1 aromatic carbocycles. The number of nitrogens with one attached hydrogen (secondary N) is 1. The van der Waals surface area contributed by atoms with Crippen molar-refractivity contribution in [1.82, 2.24) is 38.9 Å². The average molecular weight is 488 g/mol. The van der Waals surface area contributed by atoms with Crippen molar-refractivity contribution in [2.75, 3.05) is 0 Å². The van der Waals surface area contributed by atoms with E-state index >= 15 is 0 Å². The zero-order chi connectivity index (χ0) is 24.9. The third-order valence-corrected chi connectivity index (χ3v) is 6.23. The van der Waals surface area contributed by atoms with Crippen molar-refractivity contribution in [3.05, 3.63) is 103 Å². The first-order chi connectivity index (χ1) is 18.1. The average Bonchev–Trinajstić information content (AvgIpc) is 3.64. The molecule has 6 aromatic heterocycles. The third kappa shape index (κ3) is 3.54. The molecule has 0 unspecified atom stereocenters. The van der Waals surface area contributed by atoms with Gasteiger partial charge in [0.25, 0.3) is 0 Å². The van der Waals surface area contributed by atoms with E-state index in [4.69, 9.17) is 10.1 Å². The fourth-order valence-electron chi connectivity index (χ4n) is 4.53. The van der Waals surface area contributed by atoms with Crippen LogP contribution < -0.4 is 0 Å². The Morgan fingerprint density at radius 2 is 1.84 bits per heavy atom. The molecule has 178 valence electrons. The maximum Gasteiger partial charge on any atom is 0.178 e. The molecule has 0 bridgehead atoms. The van der Waals surface area contributed by atoms with Crippen molar-refractivity contribution in [1.29, 1.82) is 0 Å². The largest absolute Gasteiger partial charge is 0.343 e. The van der Waals surface area contributed by atoms with Crippen LogP contribution in [0.3, 0.4) is 0 Å². The standard InChI is InChI=1S/C27H17FN8O/c28-17-6-4-16(5-7-17)24-26(35-12-2-1-3-22(35)33-24)20-8-9-23-32-18(14-36(23)34-20)13-21(37)19-10-11-29-27-25(19)30-15-31-27/h1-12,14-15H,13H2,(H,29,30,31). The molecule has 0 radical (unpaired) electrons. The minimum Gasteiger partial charge on any atom is -0.343 e. The zero-order valence-electron chi connectivity index (χ0n) is 19.2. The number of aromatic amines is 1. The number of fused-ring (bicyclic) bond motifs is 3. The minimum atomic E-state index is -0.311. The van der Waals surface area contributed by atoms with Crippen LogP contribution in [0, 0.1) is 5.82 Å². The lowest BCUT2D eigenvalue weighted by Gasteiger charge is -2.05. The van der Waals surface area contributed by atoms with E-state index in [0.29, 0.717) is 39.5 Å². The lowest BCUT2D eigenvalue weighted by molar-refractivity contribution is 0.0993. The molecule has 1 N–H and O–H groups in total. The Hall–Kier alpha value is -5.25. The molecule has 0 fully saturated rings. The van der Waals surface area contributed by atoms with Crippen molar-refractivity contribution >= 4 is 28.2 Å². The number of ketones is 1. The van der Waals surface area contributed by atoms with E-state index in [-0.39, 0.29) is 18.0 Å². The van der Waals surface area contributed by atoms with Crippen molar-refractivity contribution in [2.45, 2.75) is 6.42 Å². The summed E-state index contributed by atoms with van der Waals surface area (Å²) in [6, 6.07) is 17.4. The van der Waals surface area contributed by atoms with E-state index in [1.165, 1.54) is 18.5 Å². The maximum absolute atomic E-state index is 13.6. The van der Waals surface area contributed by atoms with E-state index in [9.17, 15) is 9.18 Å². The van der Waals surface area contributed by atoms with E-state index in [2.05, 4.69) is 19.9 Å². The van der Waals surface area contributed by atoms with Gasteiger partial charge in [-0.15, -0.1) is 0 Å². The number of imidazole rings is 3. The van der Waals surface area contributed by atoms with Crippen LogP contribution >= 0.6 is 0 Å². The first-order valence-electron chi connectivity index (χ1n) is 11.5. The predicted octanol–water partition coefficient (Wildman–Crippen LogP) is 4.55. The van der Waals surface area contributed by atoms with Crippen molar-refractivity contribution in [3.8, 4) is 22.6 Å². The Kier molecular flexibility index (Phi) is 4.65. The Labute approximate surface area is 208 Å². The molecule has 0 aliphatic rings. The second-order valence-electron chi connectivity index (χ2n) is 8.56. The van der Waals surface area contributed by atoms with Crippen molar-refractivity contribution in [2.24, 2.45) is 0 Å². The first kappa shape index (κ1) is 21.1. The summed E-state index contributed by atoms with van der Waals surface area (Å²) in [6.07, 6.45) is 6.86. The van der Waals surface area contributed by atoms with E-state index in [1.807, 2.05) is 40.9 Å². The molecule has 9 nitrogen and oxygen atoms in total. The van der Waals surface area contributed by atoms with E-state index in [1.54, 1.807) is 35.1 Å². The highest BCUT2D eigenvalue weighted by atomic mass is 19.1. The zero-order valence-corrected chi connectivity index (χ0v) is 19.2. The summed E-state index contributed by atoms with van der Waals surface area (Å²) in [5.41, 5.74) is 6.48. The number of halogens is 1. The molecule has 7 aromatic rings. The highest BCUT2D eigenvalue weighted by Gasteiger charge is 2.19. The van der Waals surface area contributed by atoms with E-state index < -0.39 is 0 Å². The Balaban J connectivity index is 1.29. The molecular formula is C27H17FN8O. The lowest BCUT2D eigenvalue weighted by Crippen LogP contribution is -2.05. The first-order valence-corrected chi connectivity index (χ1v) is 11.5. The van der Waals surface area contributed by atoms with Crippen LogP contribution in [-0.4, -0.2) is 44.7 Å². The topological polar surface area (TPSA) is 106 Å². The van der Waals surface area contributed by atoms with Crippen LogP contribution in [0.15, 0.2) is 85.6 Å². The number of hydrogen-bond donors (Lipinski definition) is 1. The van der Waals surface area contributed by atoms with Crippen LogP contribution in [-0.2, 0) is 6.42 Å². The summed E-state index contributed by atoms with van der Waals surface area (Å²) >= 11 is 0. The molecule has 0 aliphatic carbocycles. The van der Waals surface area contributed by atoms with Gasteiger partial charge in [-0.05, 0) is 54.6 Å². The van der Waals surface area contributed by atoms with Gasteiger partial charge in [-0.25, -0.2) is 28.8 Å². The predicted molar refractivity (Wildman–Crippen MR) is 134 cm³/mol. The number of nitrogens with zero attached hydrogens (tertiary/aromatic N) is 7. The number of aromatic nitrogens is 8. The quantitative estimate of drug-likeness (QED) is 0.357. The monoisotopic (exact) mass is 488 g/mol. The van der Waals surface area contributed by atoms with Gasteiger partial charge < -0.3 is 4.98 Å². The normalized spacial score (nSPS) is 11.6. The number of H-pyrrole nitrogens is 1. The molecule has 6 heterocycles. The molecule has 0 amide bonds. The second-order valence-corrected chi connectivity index (χ2v) is 8.56. The maximum atomic E-state index is 13.6. The summed E-state index contributed by atoms with van der Waals surface area (Å²) in [7, 11) is 0. The number of benzene rings is 1. The fourth-order valence-corrected chi connectivity index (χ4v) is 4.53. The molecule has 0 saturated carbocycles. The summed E-state index contributed by atoms with van der Waals surface area (Å²) in [6.45, 7) is 0. The van der Waals surface area contributed by atoms with Crippen molar-refractivity contribution in [3.63, 3.8) is 0 Å². The number of Topliss-reactive ketones (excluding diaryl/α,β-unsaturated/α-hetero) is 1. The van der Waals surface area contributed by atoms with Gasteiger partial charge in [-0.1, -0.05) is 6.07 Å². The lowest BCUT2D eigenvalue weighted by atomic mass is 10.1. The Morgan fingerprint density at radius 1 is 0.946 bits per heavy atom.